The molecule has 0 saturated carbocycles. The van der Waals surface area contributed by atoms with E-state index in [2.05, 4.69) is 40.2 Å². The molecule has 0 aliphatic heterocycles. The summed E-state index contributed by atoms with van der Waals surface area (Å²) in [6.07, 6.45) is 0. The molecule has 0 radical (unpaired) electrons. The van der Waals surface area contributed by atoms with Crippen LogP contribution in [0.3, 0.4) is 0 Å². The van der Waals surface area contributed by atoms with Gasteiger partial charge in [0.05, 0.1) is 0 Å². The number of hydrogen-bond acceptors (Lipinski definition) is 0. The van der Waals surface area contributed by atoms with E-state index in [0.717, 1.165) is 4.47 Å². The van der Waals surface area contributed by atoms with Crippen LogP contribution >= 0.6 is 15.9 Å². The van der Waals surface area contributed by atoms with Crippen LogP contribution in [-0.2, 0) is 0 Å². The van der Waals surface area contributed by atoms with E-state index in [4.69, 9.17) is 0 Å². The van der Waals surface area contributed by atoms with E-state index in [0.29, 0.717) is 0 Å². The van der Waals surface area contributed by atoms with E-state index in [1.54, 1.807) is 16.9 Å². The molecule has 0 amide bonds. The summed E-state index contributed by atoms with van der Waals surface area (Å²) in [6.45, 7) is 0. The minimum atomic E-state index is 1.15. The molecule has 0 aromatic heterocycles. The van der Waals surface area contributed by atoms with Gasteiger partial charge in [-0.1, -0.05) is 0 Å². The normalized spacial score (nSPS) is 9.25. The molecule has 0 aliphatic rings. The predicted octanol–water partition coefficient (Wildman–Crippen LogP) is 0.708. The standard InChI is InChI=1S/C6H6AsBr/c7-5-1-3-6(8)4-2-5/h1-4H,7H2. The zero-order chi connectivity index (χ0) is 5.98. The van der Waals surface area contributed by atoms with Gasteiger partial charge >= 0.3 is 65.9 Å². The predicted molar refractivity (Wildman–Crippen MR) is 42.3 cm³/mol. The molecular formula is C6H6AsBr. The van der Waals surface area contributed by atoms with Crippen molar-refractivity contribution in [2.45, 2.75) is 0 Å². The Morgan fingerprint density at radius 2 is 1.62 bits per heavy atom. The summed E-state index contributed by atoms with van der Waals surface area (Å²) in [5.74, 6) is 0. The molecule has 0 spiro atoms. The Morgan fingerprint density at radius 3 is 2.00 bits per heavy atom. The first kappa shape index (κ1) is 6.38. The zero-order valence-corrected chi connectivity index (χ0v) is 8.27. The first-order valence-corrected chi connectivity index (χ1v) is 4.30. The monoisotopic (exact) mass is 232 g/mol. The van der Waals surface area contributed by atoms with Crippen LogP contribution in [0.4, 0.5) is 0 Å². The van der Waals surface area contributed by atoms with Crippen molar-refractivity contribution in [2.75, 3.05) is 0 Å². The molecule has 0 saturated heterocycles. The Kier molecular flexibility index (Phi) is 2.15. The van der Waals surface area contributed by atoms with E-state index >= 15 is 0 Å². The van der Waals surface area contributed by atoms with Gasteiger partial charge in [-0.25, -0.2) is 0 Å². The second-order valence-corrected chi connectivity index (χ2v) is 3.87. The minimum absolute atomic E-state index is 1.15. The number of rotatable bonds is 0. The van der Waals surface area contributed by atoms with Crippen molar-refractivity contribution < 1.29 is 0 Å². The third kappa shape index (κ3) is 1.64. The van der Waals surface area contributed by atoms with Crippen LogP contribution < -0.4 is 4.35 Å². The summed E-state index contributed by atoms with van der Waals surface area (Å²) in [5.41, 5.74) is 0. The van der Waals surface area contributed by atoms with Crippen LogP contribution in [0.15, 0.2) is 28.7 Å². The van der Waals surface area contributed by atoms with Crippen LogP contribution in [0.5, 0.6) is 0 Å². The molecule has 1 aromatic rings. The van der Waals surface area contributed by atoms with E-state index in [9.17, 15) is 0 Å². The Labute approximate surface area is 65.9 Å². The zero-order valence-electron chi connectivity index (χ0n) is 4.26. The Hall–Kier alpha value is 0.258. The van der Waals surface area contributed by atoms with E-state index in [1.807, 2.05) is 0 Å². The molecule has 2 heteroatoms. The topological polar surface area (TPSA) is 0 Å². The van der Waals surface area contributed by atoms with Crippen molar-refractivity contribution in [2.24, 2.45) is 0 Å². The van der Waals surface area contributed by atoms with E-state index in [1.165, 1.54) is 4.35 Å². The Balaban J connectivity index is 3.03. The molecule has 1 aromatic carbocycles. The van der Waals surface area contributed by atoms with Gasteiger partial charge in [-0.2, -0.15) is 0 Å². The van der Waals surface area contributed by atoms with Gasteiger partial charge in [0.1, 0.15) is 0 Å². The molecule has 8 heavy (non-hydrogen) atoms. The second-order valence-electron chi connectivity index (χ2n) is 1.55. The van der Waals surface area contributed by atoms with Gasteiger partial charge < -0.3 is 0 Å². The average molecular weight is 233 g/mol. The van der Waals surface area contributed by atoms with Crippen molar-refractivity contribution in [3.05, 3.63) is 28.7 Å². The SMILES string of the molecule is [AsH2]c1ccc(Br)cc1. The fourth-order valence-electron chi connectivity index (χ4n) is 0.463. The first-order chi connectivity index (χ1) is 3.79. The van der Waals surface area contributed by atoms with Gasteiger partial charge in [0.2, 0.25) is 0 Å². The summed E-state index contributed by atoms with van der Waals surface area (Å²) in [5, 5.41) is 0. The van der Waals surface area contributed by atoms with Crippen molar-refractivity contribution in [3.63, 3.8) is 0 Å². The molecule has 42 valence electrons. The number of halogens is 1. The summed E-state index contributed by atoms with van der Waals surface area (Å²) in [6, 6.07) is 8.31. The van der Waals surface area contributed by atoms with E-state index < -0.39 is 0 Å². The van der Waals surface area contributed by atoms with Gasteiger partial charge in [-0.05, 0) is 0 Å². The molecule has 0 aliphatic carbocycles. The third-order valence-corrected chi connectivity index (χ3v) is 2.21. The first-order valence-electron chi connectivity index (χ1n) is 2.30. The summed E-state index contributed by atoms with van der Waals surface area (Å²) in [7, 11) is 0. The molecule has 1 rings (SSSR count). The average Bonchev–Trinajstić information content (AvgIpc) is 1.77. The van der Waals surface area contributed by atoms with Gasteiger partial charge in [0, 0.05) is 0 Å². The molecule has 0 N–H and O–H groups in total. The van der Waals surface area contributed by atoms with Crippen LogP contribution in [0.25, 0.3) is 0 Å². The molecular weight excluding hydrogens is 227 g/mol. The quantitative estimate of drug-likeness (QED) is 0.579. The molecule has 0 fully saturated rings. The molecule has 0 bridgehead atoms. The van der Waals surface area contributed by atoms with Gasteiger partial charge in [0.25, 0.3) is 0 Å². The van der Waals surface area contributed by atoms with Gasteiger partial charge in [-0.3, -0.25) is 0 Å². The number of benzene rings is 1. The maximum atomic E-state index is 3.35. The van der Waals surface area contributed by atoms with Crippen molar-refractivity contribution in [1.82, 2.24) is 0 Å². The molecule has 1 unspecified atom stereocenters. The van der Waals surface area contributed by atoms with Gasteiger partial charge in [0.15, 0.2) is 0 Å². The fourth-order valence-corrected chi connectivity index (χ4v) is 1.13. The molecule has 0 nitrogen and oxygen atoms in total. The number of hydrogen-bond donors (Lipinski definition) is 0. The Bertz CT molecular complexity index is 147. The van der Waals surface area contributed by atoms with Crippen molar-refractivity contribution in [3.8, 4) is 0 Å². The third-order valence-electron chi connectivity index (χ3n) is 0.870. The van der Waals surface area contributed by atoms with Gasteiger partial charge in [-0.15, -0.1) is 0 Å². The summed E-state index contributed by atoms with van der Waals surface area (Å²) >= 11 is 5.01. The summed E-state index contributed by atoms with van der Waals surface area (Å²) < 4.78 is 2.51. The van der Waals surface area contributed by atoms with Crippen molar-refractivity contribution in [1.29, 1.82) is 0 Å². The van der Waals surface area contributed by atoms with E-state index in [-0.39, 0.29) is 0 Å². The van der Waals surface area contributed by atoms with Crippen molar-refractivity contribution >= 4 is 37.1 Å². The van der Waals surface area contributed by atoms with Crippen LogP contribution in [0, 0.1) is 0 Å². The molecule has 0 heterocycles. The van der Waals surface area contributed by atoms with Crippen LogP contribution in [0.1, 0.15) is 0 Å². The molecule has 1 atom stereocenters. The second kappa shape index (κ2) is 2.70. The summed E-state index contributed by atoms with van der Waals surface area (Å²) in [4.78, 5) is 0. The maximum absolute atomic E-state index is 3.35. The Morgan fingerprint density at radius 1 is 1.12 bits per heavy atom. The van der Waals surface area contributed by atoms with Crippen LogP contribution in [-0.4, -0.2) is 16.9 Å². The van der Waals surface area contributed by atoms with Crippen LogP contribution in [0.2, 0.25) is 0 Å². The fraction of sp³-hybridized carbons (Fsp3) is 0.